The zero-order valence-corrected chi connectivity index (χ0v) is 25.7. The maximum atomic E-state index is 12.8. The lowest BCUT2D eigenvalue weighted by molar-refractivity contribution is 0.131. The van der Waals surface area contributed by atoms with E-state index in [-0.39, 0.29) is 24.4 Å². The number of hydrogen-bond acceptors (Lipinski definition) is 6. The van der Waals surface area contributed by atoms with E-state index < -0.39 is 22.3 Å². The van der Waals surface area contributed by atoms with Crippen molar-refractivity contribution in [2.24, 2.45) is 0 Å². The molecule has 0 saturated carbocycles. The van der Waals surface area contributed by atoms with Gasteiger partial charge in [0, 0.05) is 0 Å². The van der Waals surface area contributed by atoms with Gasteiger partial charge in [0.15, 0.2) is 0 Å². The Morgan fingerprint density at radius 1 is 0.744 bits per heavy atom. The largest absolute Gasteiger partial charge is 0.489 e. The Morgan fingerprint density at radius 2 is 1.30 bits per heavy atom. The van der Waals surface area contributed by atoms with E-state index in [0.29, 0.717) is 18.6 Å². The van der Waals surface area contributed by atoms with Crippen LogP contribution in [-0.4, -0.2) is 27.2 Å². The van der Waals surface area contributed by atoms with E-state index in [4.69, 9.17) is 13.7 Å². The minimum Gasteiger partial charge on any atom is -0.489 e. The van der Waals surface area contributed by atoms with E-state index in [1.807, 2.05) is 84.9 Å². The predicted molar refractivity (Wildman–Crippen MR) is 168 cm³/mol. The highest BCUT2D eigenvalue weighted by atomic mass is 32.2. The van der Waals surface area contributed by atoms with Crippen molar-refractivity contribution in [1.29, 1.82) is 0 Å². The predicted octanol–water partition coefficient (Wildman–Crippen LogP) is 6.95. The maximum absolute atomic E-state index is 12.8. The van der Waals surface area contributed by atoms with E-state index in [1.54, 1.807) is 24.3 Å². The number of ether oxygens (including phenoxy) is 2. The fourth-order valence-electron chi connectivity index (χ4n) is 4.52. The number of carbonyl (C=O) groups is 1. The van der Waals surface area contributed by atoms with Crippen LogP contribution in [-0.2, 0) is 49.8 Å². The van der Waals surface area contributed by atoms with Crippen LogP contribution >= 0.6 is 0 Å². The number of rotatable bonds is 13. The standard InChI is InChI=1S/C35H39NO6S/c1-35(2,3)32-22-30(19-20-33(32)40-23-27-13-7-4-8-14-27)21-31(36-34(37)41-24-28-15-9-5-10-16-28)25-42-43(38,39)26-29-17-11-6-12-18-29/h4-20,22,31H,21,23-26H2,1-3H3,(H,36,37). The summed E-state index contributed by atoms with van der Waals surface area (Å²) in [6.45, 7) is 6.61. The first kappa shape index (κ1) is 31.8. The molecule has 1 N–H and O–H groups in total. The van der Waals surface area contributed by atoms with Gasteiger partial charge in [0.2, 0.25) is 0 Å². The van der Waals surface area contributed by atoms with Gasteiger partial charge < -0.3 is 14.8 Å². The lowest BCUT2D eigenvalue weighted by Gasteiger charge is -2.25. The third kappa shape index (κ3) is 10.6. The van der Waals surface area contributed by atoms with Gasteiger partial charge in [0.05, 0.1) is 12.6 Å². The minimum absolute atomic E-state index is 0.0914. The Balaban J connectivity index is 1.49. The van der Waals surface area contributed by atoms with E-state index in [2.05, 4.69) is 26.1 Å². The summed E-state index contributed by atoms with van der Waals surface area (Å²) in [7, 11) is -3.90. The van der Waals surface area contributed by atoms with Gasteiger partial charge >= 0.3 is 6.09 Å². The molecule has 0 radical (unpaired) electrons. The molecule has 4 aromatic carbocycles. The fraction of sp³-hybridized carbons (Fsp3) is 0.286. The summed E-state index contributed by atoms with van der Waals surface area (Å²) in [5.74, 6) is 0.509. The van der Waals surface area contributed by atoms with E-state index in [0.717, 1.165) is 28.0 Å². The molecule has 0 spiro atoms. The molecule has 1 amide bonds. The molecule has 0 heterocycles. The second kappa shape index (κ2) is 14.8. The first-order valence-corrected chi connectivity index (χ1v) is 15.8. The van der Waals surface area contributed by atoms with E-state index in [9.17, 15) is 13.2 Å². The molecule has 43 heavy (non-hydrogen) atoms. The molecule has 0 bridgehead atoms. The van der Waals surface area contributed by atoms with Gasteiger partial charge in [-0.05, 0) is 45.7 Å². The van der Waals surface area contributed by atoms with Crippen LogP contribution in [0.1, 0.15) is 48.6 Å². The third-order valence-electron chi connectivity index (χ3n) is 6.74. The topological polar surface area (TPSA) is 90.9 Å². The van der Waals surface area contributed by atoms with Crippen LogP contribution < -0.4 is 10.1 Å². The molecule has 7 nitrogen and oxygen atoms in total. The third-order valence-corrected chi connectivity index (χ3v) is 7.92. The smallest absolute Gasteiger partial charge is 0.407 e. The van der Waals surface area contributed by atoms with Crippen LogP contribution in [0.25, 0.3) is 0 Å². The highest BCUT2D eigenvalue weighted by Crippen LogP contribution is 2.33. The van der Waals surface area contributed by atoms with Gasteiger partial charge in [-0.2, -0.15) is 8.42 Å². The summed E-state index contributed by atoms with van der Waals surface area (Å²) in [4.78, 5) is 12.8. The molecular formula is C35H39NO6S. The molecule has 1 unspecified atom stereocenters. The van der Waals surface area contributed by atoms with Gasteiger partial charge in [-0.3, -0.25) is 4.18 Å². The van der Waals surface area contributed by atoms with Crippen LogP contribution in [0.15, 0.2) is 109 Å². The van der Waals surface area contributed by atoms with Gasteiger partial charge in [0.25, 0.3) is 10.1 Å². The average Bonchev–Trinajstić information content (AvgIpc) is 2.99. The highest BCUT2D eigenvalue weighted by molar-refractivity contribution is 7.85. The van der Waals surface area contributed by atoms with Gasteiger partial charge in [-0.1, -0.05) is 124 Å². The van der Waals surface area contributed by atoms with Crippen molar-refractivity contribution < 1.29 is 26.9 Å². The molecule has 4 aromatic rings. The van der Waals surface area contributed by atoms with Crippen molar-refractivity contribution in [1.82, 2.24) is 5.32 Å². The second-order valence-electron chi connectivity index (χ2n) is 11.4. The number of benzene rings is 4. The number of amides is 1. The first-order chi connectivity index (χ1) is 20.6. The van der Waals surface area contributed by atoms with Gasteiger partial charge in [-0.25, -0.2) is 4.79 Å². The Kier molecular flexibility index (Phi) is 11.0. The quantitative estimate of drug-likeness (QED) is 0.167. The number of carbonyl (C=O) groups excluding carboxylic acids is 1. The van der Waals surface area contributed by atoms with Crippen LogP contribution in [0.3, 0.4) is 0 Å². The Bertz CT molecular complexity index is 1550. The molecule has 0 aliphatic rings. The number of hydrogen-bond donors (Lipinski definition) is 1. The molecule has 0 aliphatic carbocycles. The Morgan fingerprint density at radius 3 is 1.88 bits per heavy atom. The molecule has 0 aromatic heterocycles. The zero-order chi connectivity index (χ0) is 30.7. The molecule has 1 atom stereocenters. The molecule has 8 heteroatoms. The molecular weight excluding hydrogens is 562 g/mol. The Labute approximate surface area is 255 Å². The number of alkyl carbamates (subject to hydrolysis) is 1. The van der Waals surface area contributed by atoms with Gasteiger partial charge in [-0.15, -0.1) is 0 Å². The van der Waals surface area contributed by atoms with Gasteiger partial charge in [0.1, 0.15) is 24.7 Å². The summed E-state index contributed by atoms with van der Waals surface area (Å²) in [5, 5.41) is 2.81. The van der Waals surface area contributed by atoms with Crippen LogP contribution in [0, 0.1) is 0 Å². The molecule has 4 rings (SSSR count). The minimum atomic E-state index is -3.90. The van der Waals surface area contributed by atoms with E-state index >= 15 is 0 Å². The molecule has 0 saturated heterocycles. The summed E-state index contributed by atoms with van der Waals surface area (Å²) < 4.78 is 42.6. The molecule has 0 aliphatic heterocycles. The summed E-state index contributed by atoms with van der Waals surface area (Å²) in [6, 6.07) is 33.4. The van der Waals surface area contributed by atoms with Crippen molar-refractivity contribution in [2.75, 3.05) is 6.61 Å². The second-order valence-corrected chi connectivity index (χ2v) is 13.1. The van der Waals surface area contributed by atoms with Crippen LogP contribution in [0.2, 0.25) is 0 Å². The lowest BCUT2D eigenvalue weighted by atomic mass is 9.84. The van der Waals surface area contributed by atoms with Crippen molar-refractivity contribution in [3.05, 3.63) is 137 Å². The Hall–Kier alpha value is -4.14. The van der Waals surface area contributed by atoms with Crippen molar-refractivity contribution in [3.63, 3.8) is 0 Å². The molecule has 0 fully saturated rings. The lowest BCUT2D eigenvalue weighted by Crippen LogP contribution is -2.40. The van der Waals surface area contributed by atoms with Crippen LogP contribution in [0.5, 0.6) is 5.75 Å². The SMILES string of the molecule is CC(C)(C)c1cc(CC(COS(=O)(=O)Cc2ccccc2)NC(=O)OCc2ccccc2)ccc1OCc1ccccc1. The maximum Gasteiger partial charge on any atom is 0.407 e. The van der Waals surface area contributed by atoms with Crippen LogP contribution in [0.4, 0.5) is 4.79 Å². The fourth-order valence-corrected chi connectivity index (χ4v) is 5.58. The van der Waals surface area contributed by atoms with Crippen molar-refractivity contribution in [2.45, 2.75) is 57.6 Å². The van der Waals surface area contributed by atoms with Crippen molar-refractivity contribution in [3.8, 4) is 5.75 Å². The van der Waals surface area contributed by atoms with Crippen molar-refractivity contribution >= 4 is 16.2 Å². The summed E-state index contributed by atoms with van der Waals surface area (Å²) >= 11 is 0. The van der Waals surface area contributed by atoms with E-state index in [1.165, 1.54) is 0 Å². The monoisotopic (exact) mass is 601 g/mol. The highest BCUT2D eigenvalue weighted by Gasteiger charge is 2.23. The summed E-state index contributed by atoms with van der Waals surface area (Å²) in [5.41, 5.74) is 4.21. The number of nitrogens with one attached hydrogen (secondary N) is 1. The average molecular weight is 602 g/mol. The molecule has 226 valence electrons. The first-order valence-electron chi connectivity index (χ1n) is 14.3. The summed E-state index contributed by atoms with van der Waals surface area (Å²) in [6.07, 6.45) is -0.333. The zero-order valence-electron chi connectivity index (χ0n) is 24.9. The normalized spacial score (nSPS) is 12.3.